The third kappa shape index (κ3) is 3.76. The Morgan fingerprint density at radius 2 is 2.00 bits per heavy atom. The van der Waals surface area contributed by atoms with Crippen LogP contribution in [-0.2, 0) is 9.53 Å². The molecule has 0 aliphatic heterocycles. The van der Waals surface area contributed by atoms with Gasteiger partial charge < -0.3 is 10.5 Å². The van der Waals surface area contributed by atoms with Crippen molar-refractivity contribution < 1.29 is 14.3 Å². The zero-order valence-corrected chi connectivity index (χ0v) is 11.1. The number of nitrogens with two attached hydrogens (primary N) is 1. The number of nitrogens with zero attached hydrogens (tertiary/aromatic N) is 2. The topological polar surface area (TPSA) is 106 Å². The van der Waals surface area contributed by atoms with E-state index in [4.69, 9.17) is 15.7 Å². The number of primary amides is 1. The van der Waals surface area contributed by atoms with Crippen LogP contribution < -0.4 is 5.73 Å². The highest BCUT2D eigenvalue weighted by Crippen LogP contribution is 2.19. The van der Waals surface area contributed by atoms with Gasteiger partial charge in [0.05, 0.1) is 11.6 Å². The summed E-state index contributed by atoms with van der Waals surface area (Å²) >= 11 is 0. The van der Waals surface area contributed by atoms with Crippen LogP contribution in [0.3, 0.4) is 0 Å². The quantitative estimate of drug-likeness (QED) is 0.505. The minimum absolute atomic E-state index is 0.334. The summed E-state index contributed by atoms with van der Waals surface area (Å²) in [5.41, 5.74) is 5.15. The largest absolute Gasteiger partial charge is 0.454 e. The first-order valence-electron chi connectivity index (χ1n) is 6.32. The predicted molar refractivity (Wildman–Crippen MR) is 75.4 cm³/mol. The Morgan fingerprint density at radius 3 is 2.62 bits per heavy atom. The number of ether oxygens (including phenoxy) is 1. The van der Waals surface area contributed by atoms with E-state index in [0.29, 0.717) is 12.0 Å². The van der Waals surface area contributed by atoms with Crippen molar-refractivity contribution in [3.05, 3.63) is 48.0 Å². The maximum Gasteiger partial charge on any atom is 0.338 e. The predicted octanol–water partition coefficient (Wildman–Crippen LogP) is 0.990. The molecule has 2 rings (SSSR count). The van der Waals surface area contributed by atoms with Gasteiger partial charge in [0.1, 0.15) is 12.2 Å². The highest BCUT2D eigenvalue weighted by atomic mass is 16.5. The average molecular weight is 283 g/mol. The van der Waals surface area contributed by atoms with Crippen LogP contribution in [0.5, 0.6) is 0 Å². The standard InChI is InChI=1S/C15H13N3O3/c16-9-13(14(17)19)18-11-6-7-12(8-11)21-15(20)10-4-2-1-3-5-10/h1-7,11-12H,8H2,(H2,17,19)/t11-,12-/m1/s1. The number of esters is 1. The fourth-order valence-electron chi connectivity index (χ4n) is 1.92. The van der Waals surface area contributed by atoms with Crippen LogP contribution in [0.15, 0.2) is 47.5 Å². The molecular weight excluding hydrogens is 270 g/mol. The lowest BCUT2D eigenvalue weighted by atomic mass is 10.2. The number of hydrogen-bond donors (Lipinski definition) is 1. The first kappa shape index (κ1) is 14.5. The summed E-state index contributed by atoms with van der Waals surface area (Å²) in [6, 6.07) is 9.89. The number of carbonyl (C=O) groups is 2. The van der Waals surface area contributed by atoms with Gasteiger partial charge >= 0.3 is 5.97 Å². The van der Waals surface area contributed by atoms with E-state index < -0.39 is 18.0 Å². The molecule has 2 atom stereocenters. The molecule has 6 nitrogen and oxygen atoms in total. The molecule has 1 aliphatic rings. The summed E-state index contributed by atoms with van der Waals surface area (Å²) in [5.74, 6) is -1.29. The molecule has 0 aromatic heterocycles. The second-order valence-electron chi connectivity index (χ2n) is 4.45. The molecule has 1 aromatic carbocycles. The molecular formula is C15H13N3O3. The molecule has 0 unspecified atom stereocenters. The molecule has 21 heavy (non-hydrogen) atoms. The van der Waals surface area contributed by atoms with Crippen molar-refractivity contribution in [3.63, 3.8) is 0 Å². The molecule has 0 saturated heterocycles. The van der Waals surface area contributed by atoms with E-state index in [2.05, 4.69) is 4.99 Å². The second-order valence-corrected chi connectivity index (χ2v) is 4.45. The van der Waals surface area contributed by atoms with Gasteiger partial charge in [0.2, 0.25) is 5.71 Å². The molecule has 1 amide bonds. The number of aliphatic imine (C=N–C) groups is 1. The molecule has 0 spiro atoms. The van der Waals surface area contributed by atoms with Crippen LogP contribution in [0.1, 0.15) is 16.8 Å². The van der Waals surface area contributed by atoms with Gasteiger partial charge in [-0.15, -0.1) is 0 Å². The fourth-order valence-corrected chi connectivity index (χ4v) is 1.92. The van der Waals surface area contributed by atoms with Crippen LogP contribution in [0.4, 0.5) is 0 Å². The Labute approximate surface area is 121 Å². The molecule has 2 N–H and O–H groups in total. The third-order valence-corrected chi connectivity index (χ3v) is 2.92. The Morgan fingerprint density at radius 1 is 1.29 bits per heavy atom. The van der Waals surface area contributed by atoms with Crippen molar-refractivity contribution in [2.45, 2.75) is 18.6 Å². The van der Waals surface area contributed by atoms with Crippen LogP contribution >= 0.6 is 0 Å². The van der Waals surface area contributed by atoms with Gasteiger partial charge in [-0.2, -0.15) is 5.26 Å². The lowest BCUT2D eigenvalue weighted by Gasteiger charge is -2.11. The van der Waals surface area contributed by atoms with Crippen molar-refractivity contribution in [2.75, 3.05) is 0 Å². The summed E-state index contributed by atoms with van der Waals surface area (Å²) in [7, 11) is 0. The van der Waals surface area contributed by atoms with E-state index in [1.807, 2.05) is 6.07 Å². The lowest BCUT2D eigenvalue weighted by Crippen LogP contribution is -2.24. The number of hydrogen-bond acceptors (Lipinski definition) is 5. The number of nitriles is 1. The van der Waals surface area contributed by atoms with E-state index in [0.717, 1.165) is 0 Å². The van der Waals surface area contributed by atoms with Crippen LogP contribution in [0.25, 0.3) is 0 Å². The maximum absolute atomic E-state index is 11.9. The highest BCUT2D eigenvalue weighted by molar-refractivity contribution is 6.44. The second kappa shape index (κ2) is 6.48. The average Bonchev–Trinajstić information content (AvgIpc) is 2.92. The first-order valence-corrected chi connectivity index (χ1v) is 6.32. The normalized spacial score (nSPS) is 20.8. The minimum atomic E-state index is -0.865. The van der Waals surface area contributed by atoms with Gasteiger partial charge in [-0.1, -0.05) is 24.3 Å². The number of amides is 1. The zero-order chi connectivity index (χ0) is 15.2. The number of benzene rings is 1. The Bertz CT molecular complexity index is 644. The van der Waals surface area contributed by atoms with Crippen molar-refractivity contribution in [1.82, 2.24) is 0 Å². The van der Waals surface area contributed by atoms with Crippen molar-refractivity contribution in [2.24, 2.45) is 10.7 Å². The first-order chi connectivity index (χ1) is 10.1. The highest BCUT2D eigenvalue weighted by Gasteiger charge is 2.23. The Balaban J connectivity index is 1.95. The van der Waals surface area contributed by atoms with E-state index in [-0.39, 0.29) is 11.8 Å². The monoisotopic (exact) mass is 283 g/mol. The molecule has 0 bridgehead atoms. The van der Waals surface area contributed by atoms with Crippen LogP contribution in [0.2, 0.25) is 0 Å². The summed E-state index contributed by atoms with van der Waals surface area (Å²) in [6.07, 6.45) is 3.32. The summed E-state index contributed by atoms with van der Waals surface area (Å²) in [5, 5.41) is 8.73. The zero-order valence-electron chi connectivity index (χ0n) is 11.1. The van der Waals surface area contributed by atoms with E-state index in [9.17, 15) is 9.59 Å². The van der Waals surface area contributed by atoms with Gasteiger partial charge in [-0.05, 0) is 18.2 Å². The van der Waals surface area contributed by atoms with Gasteiger partial charge in [0, 0.05) is 6.42 Å². The fraction of sp³-hybridized carbons (Fsp3) is 0.200. The van der Waals surface area contributed by atoms with Crippen molar-refractivity contribution in [3.8, 4) is 6.07 Å². The van der Waals surface area contributed by atoms with E-state index in [1.54, 1.807) is 42.5 Å². The summed E-state index contributed by atoms with van der Waals surface area (Å²) < 4.78 is 5.31. The van der Waals surface area contributed by atoms with Crippen molar-refractivity contribution in [1.29, 1.82) is 5.26 Å². The number of rotatable bonds is 4. The van der Waals surface area contributed by atoms with E-state index >= 15 is 0 Å². The molecule has 1 aliphatic carbocycles. The van der Waals surface area contributed by atoms with Crippen molar-refractivity contribution >= 4 is 17.6 Å². The SMILES string of the molecule is N#CC(=N[C@@H]1C=C[C@@H](OC(=O)c2ccccc2)C1)C(N)=O. The molecule has 0 saturated carbocycles. The molecule has 0 fully saturated rings. The number of carbonyl (C=O) groups excluding carboxylic acids is 2. The molecule has 0 radical (unpaired) electrons. The summed E-state index contributed by atoms with van der Waals surface area (Å²) in [4.78, 5) is 26.7. The Hall–Kier alpha value is -2.94. The summed E-state index contributed by atoms with van der Waals surface area (Å²) in [6.45, 7) is 0. The van der Waals surface area contributed by atoms with Crippen LogP contribution in [-0.4, -0.2) is 29.7 Å². The van der Waals surface area contributed by atoms with Gasteiger partial charge in [-0.3, -0.25) is 9.79 Å². The Kier molecular flexibility index (Phi) is 4.46. The van der Waals surface area contributed by atoms with Crippen LogP contribution in [0, 0.1) is 11.3 Å². The molecule has 106 valence electrons. The van der Waals surface area contributed by atoms with E-state index in [1.165, 1.54) is 0 Å². The minimum Gasteiger partial charge on any atom is -0.454 e. The maximum atomic E-state index is 11.9. The lowest BCUT2D eigenvalue weighted by molar-refractivity contribution is -0.111. The molecule has 0 heterocycles. The molecule has 6 heteroatoms. The smallest absolute Gasteiger partial charge is 0.338 e. The van der Waals surface area contributed by atoms with Gasteiger partial charge in [-0.25, -0.2) is 4.79 Å². The van der Waals surface area contributed by atoms with Gasteiger partial charge in [0.25, 0.3) is 5.91 Å². The molecule has 1 aromatic rings. The third-order valence-electron chi connectivity index (χ3n) is 2.92. The van der Waals surface area contributed by atoms with Gasteiger partial charge in [0.15, 0.2) is 0 Å².